The number of hydrogen-bond donors (Lipinski definition) is 2. The maximum absolute atomic E-state index is 11.1. The van der Waals surface area contributed by atoms with E-state index in [0.717, 1.165) is 25.7 Å². The number of hydrogen-bond acceptors (Lipinski definition) is 3. The molecule has 0 aromatic heterocycles. The summed E-state index contributed by atoms with van der Waals surface area (Å²) in [5.41, 5.74) is 5.36. The molecule has 0 aromatic carbocycles. The predicted molar refractivity (Wildman–Crippen MR) is 55.6 cm³/mol. The third-order valence-corrected chi connectivity index (χ3v) is 4.40. The molecular formula is C9H19NO3S. The third kappa shape index (κ3) is 3.22. The highest BCUT2D eigenvalue weighted by Gasteiger charge is 2.31. The van der Waals surface area contributed by atoms with E-state index < -0.39 is 15.4 Å². The Morgan fingerprint density at radius 1 is 1.29 bits per heavy atom. The molecule has 0 spiro atoms. The lowest BCUT2D eigenvalue weighted by Gasteiger charge is -2.27. The van der Waals surface area contributed by atoms with E-state index in [1.165, 1.54) is 6.42 Å². The fraction of sp³-hybridized carbons (Fsp3) is 1.00. The van der Waals surface area contributed by atoms with Crippen molar-refractivity contribution in [2.75, 3.05) is 6.54 Å². The quantitative estimate of drug-likeness (QED) is 0.698. The van der Waals surface area contributed by atoms with E-state index in [1.54, 1.807) is 0 Å². The highest BCUT2D eigenvalue weighted by Crippen LogP contribution is 2.30. The lowest BCUT2D eigenvalue weighted by Crippen LogP contribution is -2.33. The molecule has 0 aliphatic heterocycles. The minimum Gasteiger partial charge on any atom is -0.330 e. The molecular weight excluding hydrogens is 202 g/mol. The van der Waals surface area contributed by atoms with Gasteiger partial charge in [0.1, 0.15) is 0 Å². The van der Waals surface area contributed by atoms with E-state index in [9.17, 15) is 8.42 Å². The highest BCUT2D eigenvalue weighted by atomic mass is 32.2. The van der Waals surface area contributed by atoms with Gasteiger partial charge in [0.15, 0.2) is 0 Å². The Hall–Kier alpha value is -0.130. The van der Waals surface area contributed by atoms with E-state index >= 15 is 0 Å². The maximum atomic E-state index is 11.1. The molecule has 1 fully saturated rings. The first-order valence-corrected chi connectivity index (χ1v) is 6.72. The Kier molecular flexibility index (Phi) is 4.34. The second-order valence-corrected chi connectivity index (χ2v) is 5.66. The zero-order chi connectivity index (χ0) is 10.6. The minimum absolute atomic E-state index is 0.113. The van der Waals surface area contributed by atoms with Crippen molar-refractivity contribution < 1.29 is 13.0 Å². The normalized spacial score (nSPS) is 22.1. The monoisotopic (exact) mass is 221 g/mol. The number of nitrogens with two attached hydrogens (primary N) is 1. The van der Waals surface area contributed by atoms with Gasteiger partial charge in [-0.3, -0.25) is 4.55 Å². The van der Waals surface area contributed by atoms with Gasteiger partial charge in [-0.15, -0.1) is 0 Å². The molecule has 5 heteroatoms. The maximum Gasteiger partial charge on any atom is 0.268 e. The van der Waals surface area contributed by atoms with Crippen LogP contribution in [0.3, 0.4) is 0 Å². The molecule has 0 saturated heterocycles. The standard InChI is InChI=1S/C9H19NO3S/c10-7-6-9(14(11,12)13)8-4-2-1-3-5-8/h8-9H,1-7,10H2,(H,11,12,13). The Morgan fingerprint density at radius 3 is 2.29 bits per heavy atom. The van der Waals surface area contributed by atoms with Crippen LogP contribution in [0.15, 0.2) is 0 Å². The van der Waals surface area contributed by atoms with Gasteiger partial charge in [0.05, 0.1) is 5.25 Å². The Labute approximate surface area is 85.6 Å². The molecule has 14 heavy (non-hydrogen) atoms. The van der Waals surface area contributed by atoms with Crippen molar-refractivity contribution in [2.24, 2.45) is 11.7 Å². The average Bonchev–Trinajstić information content (AvgIpc) is 2.14. The SMILES string of the molecule is NCCC(C1CCCCC1)S(=O)(=O)O. The number of rotatable bonds is 4. The van der Waals surface area contributed by atoms with Crippen LogP contribution in [0.4, 0.5) is 0 Å². The van der Waals surface area contributed by atoms with Gasteiger partial charge in [-0.1, -0.05) is 19.3 Å². The highest BCUT2D eigenvalue weighted by molar-refractivity contribution is 7.86. The van der Waals surface area contributed by atoms with Crippen LogP contribution in [-0.4, -0.2) is 24.8 Å². The summed E-state index contributed by atoms with van der Waals surface area (Å²) < 4.78 is 31.3. The van der Waals surface area contributed by atoms with E-state index in [-0.39, 0.29) is 5.92 Å². The molecule has 1 saturated carbocycles. The molecule has 0 radical (unpaired) electrons. The molecule has 0 bridgehead atoms. The average molecular weight is 221 g/mol. The zero-order valence-corrected chi connectivity index (χ0v) is 9.17. The smallest absolute Gasteiger partial charge is 0.268 e. The molecule has 84 valence electrons. The van der Waals surface area contributed by atoms with E-state index in [4.69, 9.17) is 10.3 Å². The Bertz CT molecular complexity index is 257. The summed E-state index contributed by atoms with van der Waals surface area (Å²) in [6.45, 7) is 0.320. The van der Waals surface area contributed by atoms with E-state index in [1.807, 2.05) is 0 Å². The summed E-state index contributed by atoms with van der Waals surface area (Å²) in [5, 5.41) is -0.632. The van der Waals surface area contributed by atoms with Gasteiger partial charge in [-0.05, 0) is 31.7 Å². The molecule has 3 N–H and O–H groups in total. The third-order valence-electron chi connectivity index (χ3n) is 3.01. The second-order valence-electron chi connectivity index (χ2n) is 4.03. The molecule has 1 aliphatic carbocycles. The van der Waals surface area contributed by atoms with Gasteiger partial charge in [-0.25, -0.2) is 0 Å². The summed E-state index contributed by atoms with van der Waals surface area (Å²) in [6, 6.07) is 0. The van der Waals surface area contributed by atoms with Gasteiger partial charge in [-0.2, -0.15) is 8.42 Å². The first kappa shape index (κ1) is 11.9. The van der Waals surface area contributed by atoms with Crippen molar-refractivity contribution in [3.05, 3.63) is 0 Å². The molecule has 1 unspecified atom stereocenters. The van der Waals surface area contributed by atoms with Crippen molar-refractivity contribution >= 4 is 10.1 Å². The van der Waals surface area contributed by atoms with Gasteiger partial charge < -0.3 is 5.73 Å². The lowest BCUT2D eigenvalue weighted by molar-refractivity contribution is 0.320. The zero-order valence-electron chi connectivity index (χ0n) is 8.35. The van der Waals surface area contributed by atoms with Gasteiger partial charge in [0.25, 0.3) is 10.1 Å². The van der Waals surface area contributed by atoms with Crippen molar-refractivity contribution in [3.63, 3.8) is 0 Å². The van der Waals surface area contributed by atoms with Crippen LogP contribution in [0.2, 0.25) is 0 Å². The molecule has 0 amide bonds. The molecule has 1 rings (SSSR count). The Balaban J connectivity index is 2.66. The predicted octanol–water partition coefficient (Wildman–Crippen LogP) is 1.17. The van der Waals surface area contributed by atoms with Crippen molar-refractivity contribution in [2.45, 2.75) is 43.8 Å². The van der Waals surface area contributed by atoms with Crippen LogP contribution in [0.25, 0.3) is 0 Å². The molecule has 1 atom stereocenters. The summed E-state index contributed by atoms with van der Waals surface area (Å²) in [7, 11) is -3.91. The van der Waals surface area contributed by atoms with Crippen LogP contribution in [0.5, 0.6) is 0 Å². The van der Waals surface area contributed by atoms with Crippen molar-refractivity contribution in [3.8, 4) is 0 Å². The lowest BCUT2D eigenvalue weighted by atomic mass is 9.86. The topological polar surface area (TPSA) is 80.4 Å². The summed E-state index contributed by atoms with van der Waals surface area (Å²) >= 11 is 0. The van der Waals surface area contributed by atoms with E-state index in [2.05, 4.69) is 0 Å². The second kappa shape index (κ2) is 5.09. The summed E-state index contributed by atoms with van der Waals surface area (Å²) in [4.78, 5) is 0. The van der Waals surface area contributed by atoms with Crippen molar-refractivity contribution in [1.29, 1.82) is 0 Å². The van der Waals surface area contributed by atoms with Crippen LogP contribution >= 0.6 is 0 Å². The van der Waals surface area contributed by atoms with Gasteiger partial charge in [0, 0.05) is 0 Å². The molecule has 0 aromatic rings. The molecule has 0 heterocycles. The fourth-order valence-corrected chi connectivity index (χ4v) is 3.49. The first-order chi connectivity index (χ1) is 6.55. The Morgan fingerprint density at radius 2 is 1.86 bits per heavy atom. The molecule has 4 nitrogen and oxygen atoms in total. The van der Waals surface area contributed by atoms with Gasteiger partial charge in [0.2, 0.25) is 0 Å². The fourth-order valence-electron chi connectivity index (χ4n) is 2.30. The minimum atomic E-state index is -3.91. The van der Waals surface area contributed by atoms with E-state index in [0.29, 0.717) is 13.0 Å². The van der Waals surface area contributed by atoms with Crippen LogP contribution < -0.4 is 5.73 Å². The van der Waals surface area contributed by atoms with Crippen LogP contribution in [0, 0.1) is 5.92 Å². The van der Waals surface area contributed by atoms with Crippen molar-refractivity contribution in [1.82, 2.24) is 0 Å². The first-order valence-electron chi connectivity index (χ1n) is 5.22. The summed E-state index contributed by atoms with van der Waals surface area (Å²) in [5.74, 6) is 0.113. The van der Waals surface area contributed by atoms with Crippen LogP contribution in [-0.2, 0) is 10.1 Å². The van der Waals surface area contributed by atoms with Crippen LogP contribution in [0.1, 0.15) is 38.5 Å². The molecule has 1 aliphatic rings. The van der Waals surface area contributed by atoms with Gasteiger partial charge >= 0.3 is 0 Å². The summed E-state index contributed by atoms with van der Waals surface area (Å²) in [6.07, 6.45) is 5.51. The largest absolute Gasteiger partial charge is 0.330 e.